The molecule has 0 radical (unpaired) electrons. The van der Waals surface area contributed by atoms with Crippen molar-refractivity contribution in [2.75, 3.05) is 6.54 Å². The molecule has 22 heavy (non-hydrogen) atoms. The minimum absolute atomic E-state index is 0.0466. The van der Waals surface area contributed by atoms with Gasteiger partial charge in [-0.25, -0.2) is 0 Å². The maximum Gasteiger partial charge on any atom is 0.408 e. The molecular weight excluding hydrogens is 297 g/mol. The van der Waals surface area contributed by atoms with E-state index in [0.29, 0.717) is 18.5 Å². The van der Waals surface area contributed by atoms with Crippen molar-refractivity contribution in [1.29, 1.82) is 0 Å². The molecule has 1 aliphatic rings. The van der Waals surface area contributed by atoms with Crippen LogP contribution in [0.4, 0.5) is 13.2 Å². The number of alkyl halides is 3. The number of carbonyl (C=O) groups is 1. The summed E-state index contributed by atoms with van der Waals surface area (Å²) in [7, 11) is 0. The first-order valence-electron chi connectivity index (χ1n) is 7.22. The minimum atomic E-state index is -4.49. The fourth-order valence-corrected chi connectivity index (χ4v) is 2.50. The van der Waals surface area contributed by atoms with Gasteiger partial charge < -0.3 is 10.6 Å². The highest BCUT2D eigenvalue weighted by atomic mass is 19.4. The molecule has 3 N–H and O–H groups in total. The molecule has 0 aliphatic carbocycles. The standard InChI is InChI=1S/C14H21F3N4O/c1-13(2,3)6-10(14(15,16)17)19-12(22)11-8-7-18-5-4-9(8)20-21-11/h10,18H,4-7H2,1-3H3,(H,19,22)(H,20,21). The van der Waals surface area contributed by atoms with Crippen LogP contribution in [0.1, 0.15) is 48.9 Å². The van der Waals surface area contributed by atoms with Crippen molar-refractivity contribution in [3.8, 4) is 0 Å². The third kappa shape index (κ3) is 4.00. The highest BCUT2D eigenvalue weighted by Crippen LogP contribution is 2.31. The Morgan fingerprint density at radius 3 is 2.64 bits per heavy atom. The molecule has 0 bridgehead atoms. The maximum atomic E-state index is 13.1. The van der Waals surface area contributed by atoms with Gasteiger partial charge in [-0.2, -0.15) is 18.3 Å². The third-order valence-electron chi connectivity index (χ3n) is 3.54. The zero-order valence-electron chi connectivity index (χ0n) is 12.9. The SMILES string of the molecule is CC(C)(C)CC(NC(=O)c1n[nH]c2c1CNCC2)C(F)(F)F. The summed E-state index contributed by atoms with van der Waals surface area (Å²) in [5.41, 5.74) is 0.953. The average Bonchev–Trinajstić information content (AvgIpc) is 2.79. The summed E-state index contributed by atoms with van der Waals surface area (Å²) in [6.07, 6.45) is -4.00. The van der Waals surface area contributed by atoms with Crippen LogP contribution in [0.25, 0.3) is 0 Å². The van der Waals surface area contributed by atoms with Crippen LogP contribution in [-0.2, 0) is 13.0 Å². The van der Waals surface area contributed by atoms with Crippen LogP contribution in [0.2, 0.25) is 0 Å². The Morgan fingerprint density at radius 1 is 1.36 bits per heavy atom. The fourth-order valence-electron chi connectivity index (χ4n) is 2.50. The number of H-pyrrole nitrogens is 1. The smallest absolute Gasteiger partial charge is 0.339 e. The second-order valence-electron chi connectivity index (χ2n) is 6.79. The largest absolute Gasteiger partial charge is 0.408 e. The molecule has 2 heterocycles. The Hall–Kier alpha value is -1.57. The van der Waals surface area contributed by atoms with E-state index < -0.39 is 23.5 Å². The number of halogens is 3. The van der Waals surface area contributed by atoms with E-state index >= 15 is 0 Å². The molecule has 124 valence electrons. The molecule has 0 aromatic carbocycles. The lowest BCUT2D eigenvalue weighted by Gasteiger charge is -2.28. The zero-order valence-corrected chi connectivity index (χ0v) is 12.9. The summed E-state index contributed by atoms with van der Waals surface area (Å²) < 4.78 is 39.4. The number of nitrogens with zero attached hydrogens (tertiary/aromatic N) is 1. The van der Waals surface area contributed by atoms with Gasteiger partial charge in [-0.3, -0.25) is 9.89 Å². The molecule has 2 rings (SSSR count). The lowest BCUT2D eigenvalue weighted by Crippen LogP contribution is -2.47. The van der Waals surface area contributed by atoms with Gasteiger partial charge in [0.25, 0.3) is 5.91 Å². The molecule has 0 spiro atoms. The topological polar surface area (TPSA) is 69.8 Å². The normalized spacial score (nSPS) is 17.0. The number of hydrogen-bond acceptors (Lipinski definition) is 3. The van der Waals surface area contributed by atoms with Gasteiger partial charge in [-0.05, 0) is 11.8 Å². The van der Waals surface area contributed by atoms with Crippen LogP contribution >= 0.6 is 0 Å². The van der Waals surface area contributed by atoms with E-state index in [2.05, 4.69) is 20.8 Å². The lowest BCUT2D eigenvalue weighted by atomic mass is 9.87. The Balaban J connectivity index is 2.16. The summed E-state index contributed by atoms with van der Waals surface area (Å²) in [5.74, 6) is -0.784. The van der Waals surface area contributed by atoms with Crippen molar-refractivity contribution in [1.82, 2.24) is 20.8 Å². The maximum absolute atomic E-state index is 13.1. The van der Waals surface area contributed by atoms with Gasteiger partial charge in [-0.15, -0.1) is 0 Å². The molecule has 8 heteroatoms. The van der Waals surface area contributed by atoms with Crippen molar-refractivity contribution < 1.29 is 18.0 Å². The monoisotopic (exact) mass is 318 g/mol. The van der Waals surface area contributed by atoms with Gasteiger partial charge in [0.1, 0.15) is 6.04 Å². The van der Waals surface area contributed by atoms with Crippen molar-refractivity contribution in [2.24, 2.45) is 5.41 Å². The fraction of sp³-hybridized carbons (Fsp3) is 0.714. The third-order valence-corrected chi connectivity index (χ3v) is 3.54. The predicted octanol–water partition coefficient (Wildman–Crippen LogP) is 2.15. The first kappa shape index (κ1) is 16.8. The molecule has 1 amide bonds. The summed E-state index contributed by atoms with van der Waals surface area (Å²) in [5, 5.41) is 11.8. The van der Waals surface area contributed by atoms with E-state index in [1.807, 2.05) is 0 Å². The van der Waals surface area contributed by atoms with E-state index in [1.165, 1.54) is 0 Å². The van der Waals surface area contributed by atoms with Crippen molar-refractivity contribution in [2.45, 2.75) is 52.4 Å². The van der Waals surface area contributed by atoms with Crippen molar-refractivity contribution in [3.63, 3.8) is 0 Å². The minimum Gasteiger partial charge on any atom is -0.339 e. The second-order valence-corrected chi connectivity index (χ2v) is 6.79. The zero-order chi connectivity index (χ0) is 16.5. The number of rotatable bonds is 3. The number of aromatic nitrogens is 2. The number of amides is 1. The van der Waals surface area contributed by atoms with Crippen LogP contribution in [0, 0.1) is 5.41 Å². The van der Waals surface area contributed by atoms with Gasteiger partial charge in [0.15, 0.2) is 5.69 Å². The van der Waals surface area contributed by atoms with Gasteiger partial charge >= 0.3 is 6.18 Å². The second kappa shape index (κ2) is 5.91. The summed E-state index contributed by atoms with van der Waals surface area (Å²) in [6, 6.07) is -1.89. The van der Waals surface area contributed by atoms with E-state index in [-0.39, 0.29) is 12.1 Å². The van der Waals surface area contributed by atoms with E-state index in [9.17, 15) is 18.0 Å². The van der Waals surface area contributed by atoms with E-state index in [0.717, 1.165) is 12.2 Å². The lowest BCUT2D eigenvalue weighted by molar-refractivity contribution is -0.159. The molecule has 1 atom stereocenters. The summed E-state index contributed by atoms with van der Waals surface area (Å²) >= 11 is 0. The number of carbonyl (C=O) groups excluding carboxylic acids is 1. The molecule has 0 fully saturated rings. The van der Waals surface area contributed by atoms with Crippen molar-refractivity contribution >= 4 is 5.91 Å². The van der Waals surface area contributed by atoms with Gasteiger partial charge in [0, 0.05) is 30.8 Å². The molecule has 0 saturated carbocycles. The molecular formula is C14H21F3N4O. The van der Waals surface area contributed by atoms with Crippen LogP contribution in [0.5, 0.6) is 0 Å². The summed E-state index contributed by atoms with van der Waals surface area (Å²) in [4.78, 5) is 12.2. The molecule has 1 aromatic rings. The average molecular weight is 318 g/mol. The Morgan fingerprint density at radius 2 is 2.05 bits per heavy atom. The van der Waals surface area contributed by atoms with E-state index in [4.69, 9.17) is 0 Å². The molecule has 1 aromatic heterocycles. The van der Waals surface area contributed by atoms with Crippen LogP contribution < -0.4 is 10.6 Å². The van der Waals surface area contributed by atoms with Crippen LogP contribution in [0.15, 0.2) is 0 Å². The van der Waals surface area contributed by atoms with Crippen LogP contribution in [0.3, 0.4) is 0 Å². The molecule has 5 nitrogen and oxygen atoms in total. The molecule has 1 aliphatic heterocycles. The number of aromatic amines is 1. The first-order chi connectivity index (χ1) is 10.1. The first-order valence-corrected chi connectivity index (χ1v) is 7.22. The van der Waals surface area contributed by atoms with E-state index in [1.54, 1.807) is 20.8 Å². The number of nitrogens with one attached hydrogen (secondary N) is 3. The predicted molar refractivity (Wildman–Crippen MR) is 75.4 cm³/mol. The van der Waals surface area contributed by atoms with Gasteiger partial charge in [0.05, 0.1) is 0 Å². The highest BCUT2D eigenvalue weighted by molar-refractivity contribution is 5.94. The highest BCUT2D eigenvalue weighted by Gasteiger charge is 2.43. The van der Waals surface area contributed by atoms with Gasteiger partial charge in [0.2, 0.25) is 0 Å². The van der Waals surface area contributed by atoms with Crippen molar-refractivity contribution in [3.05, 3.63) is 17.0 Å². The Bertz CT molecular complexity index is 545. The number of fused-ring (bicyclic) bond motifs is 1. The molecule has 1 unspecified atom stereocenters. The number of hydrogen-bond donors (Lipinski definition) is 3. The molecule has 0 saturated heterocycles. The Kier molecular flexibility index (Phi) is 4.51. The quantitative estimate of drug-likeness (QED) is 0.800. The van der Waals surface area contributed by atoms with Gasteiger partial charge in [-0.1, -0.05) is 20.8 Å². The Labute approximate surface area is 127 Å². The summed E-state index contributed by atoms with van der Waals surface area (Å²) in [6.45, 7) is 6.31. The van der Waals surface area contributed by atoms with Crippen LogP contribution in [-0.4, -0.2) is 34.9 Å².